The predicted octanol–water partition coefficient (Wildman–Crippen LogP) is 4.45. The molecule has 8 nitrogen and oxygen atoms in total. The number of likely N-dealkylation sites (tertiary alicyclic amines) is 1. The molecule has 0 spiro atoms. The van der Waals surface area contributed by atoms with E-state index in [1.54, 1.807) is 0 Å². The number of carbonyl (C=O) groups is 2. The maximum atomic E-state index is 13.3. The first kappa shape index (κ1) is 27.6. The molecular weight excluding hydrogens is 468 g/mol. The van der Waals surface area contributed by atoms with Crippen LogP contribution in [0, 0.1) is 17.8 Å². The average Bonchev–Trinajstić information content (AvgIpc) is 2.82. The van der Waals surface area contributed by atoms with Gasteiger partial charge in [0.1, 0.15) is 0 Å². The Morgan fingerprint density at radius 3 is 2.86 bits per heavy atom. The summed E-state index contributed by atoms with van der Waals surface area (Å²) in [6, 6.07) is 7.75. The van der Waals surface area contributed by atoms with Gasteiger partial charge in [-0.1, -0.05) is 37.6 Å². The highest BCUT2D eigenvalue weighted by Crippen LogP contribution is 2.34. The topological polar surface area (TPSA) is 94.1 Å². The molecule has 2 aliphatic rings. The van der Waals surface area contributed by atoms with Crippen LogP contribution in [0.15, 0.2) is 24.3 Å². The number of rotatable bonds is 9. The van der Waals surface area contributed by atoms with Crippen LogP contribution in [0.2, 0.25) is 5.02 Å². The molecule has 1 aromatic carbocycles. The van der Waals surface area contributed by atoms with E-state index >= 15 is 0 Å². The number of ether oxygens (including phenoxy) is 1. The lowest BCUT2D eigenvalue weighted by Crippen LogP contribution is -2.56. The molecule has 3 N–H and O–H groups in total. The van der Waals surface area contributed by atoms with Gasteiger partial charge in [0.25, 0.3) is 0 Å². The number of hydrogen-bond donors (Lipinski definition) is 3. The zero-order chi connectivity index (χ0) is 25.4. The summed E-state index contributed by atoms with van der Waals surface area (Å²) in [6.07, 6.45) is 2.77. The number of urea groups is 1. The first-order valence-electron chi connectivity index (χ1n) is 12.8. The van der Waals surface area contributed by atoms with Crippen molar-refractivity contribution in [3.05, 3.63) is 34.9 Å². The Hall–Kier alpha value is -2.03. The van der Waals surface area contributed by atoms with E-state index < -0.39 is 6.09 Å². The van der Waals surface area contributed by atoms with Crippen LogP contribution in [0.1, 0.15) is 51.2 Å². The Morgan fingerprint density at radius 1 is 1.34 bits per heavy atom. The fourth-order valence-corrected chi connectivity index (χ4v) is 5.46. The third-order valence-electron chi connectivity index (χ3n) is 7.11. The number of piperidine rings is 2. The van der Waals surface area contributed by atoms with Gasteiger partial charge in [0.2, 0.25) is 0 Å². The van der Waals surface area contributed by atoms with Gasteiger partial charge in [0.15, 0.2) is 0 Å². The van der Waals surface area contributed by atoms with E-state index in [4.69, 9.17) is 21.4 Å². The number of hydrogen-bond acceptors (Lipinski definition) is 4. The van der Waals surface area contributed by atoms with Crippen molar-refractivity contribution in [1.29, 1.82) is 0 Å². The summed E-state index contributed by atoms with van der Waals surface area (Å²) in [4.78, 5) is 27.6. The molecule has 0 saturated carbocycles. The molecule has 35 heavy (non-hydrogen) atoms. The summed E-state index contributed by atoms with van der Waals surface area (Å²) in [5, 5.41) is 16.5. The molecular formula is C26H41ClN4O4. The van der Waals surface area contributed by atoms with Gasteiger partial charge in [-0.2, -0.15) is 0 Å². The third kappa shape index (κ3) is 8.26. The SMILES string of the molecule is CC(C)C[C@@H]1CCNC[C@H]1NC(=O)N1CCC[C@@H]([C@@H](OCCN(C)C(=O)O)c2cccc(Cl)c2)C1. The molecule has 2 heterocycles. The van der Waals surface area contributed by atoms with Crippen molar-refractivity contribution in [1.82, 2.24) is 20.4 Å². The van der Waals surface area contributed by atoms with E-state index in [2.05, 4.69) is 24.5 Å². The maximum absolute atomic E-state index is 13.3. The van der Waals surface area contributed by atoms with E-state index in [1.165, 1.54) is 11.9 Å². The van der Waals surface area contributed by atoms with Gasteiger partial charge in [0, 0.05) is 50.2 Å². The summed E-state index contributed by atoms with van der Waals surface area (Å²) in [5.74, 6) is 1.20. The molecule has 4 atom stereocenters. The largest absolute Gasteiger partial charge is 0.465 e. The molecule has 2 saturated heterocycles. The summed E-state index contributed by atoms with van der Waals surface area (Å²) < 4.78 is 6.25. The highest BCUT2D eigenvalue weighted by atomic mass is 35.5. The van der Waals surface area contributed by atoms with E-state index in [9.17, 15) is 9.59 Å². The summed E-state index contributed by atoms with van der Waals surface area (Å²) in [7, 11) is 1.53. The van der Waals surface area contributed by atoms with Crippen molar-refractivity contribution < 1.29 is 19.4 Å². The number of carbonyl (C=O) groups excluding carboxylic acids is 1. The van der Waals surface area contributed by atoms with Gasteiger partial charge in [-0.05, 0) is 61.8 Å². The lowest BCUT2D eigenvalue weighted by molar-refractivity contribution is -0.0156. The standard InChI is InChI=1S/C26H41ClN4O4/c1-18(2)14-19-9-10-28-16-23(19)29-25(32)31-11-5-7-21(17-31)24(20-6-4-8-22(27)15-20)35-13-12-30(3)26(33)34/h4,6,8,15,18-19,21,23-24,28H,5,7,9-14,16-17H2,1-3H3,(H,29,32)(H,33,34)/t19-,21+,23+,24-/m0/s1. The normalized spacial score (nSPS) is 23.7. The van der Waals surface area contributed by atoms with Crippen molar-refractivity contribution in [2.75, 3.05) is 46.4 Å². The second-order valence-electron chi connectivity index (χ2n) is 10.3. The maximum Gasteiger partial charge on any atom is 0.407 e. The van der Waals surface area contributed by atoms with Crippen LogP contribution in [0.5, 0.6) is 0 Å². The summed E-state index contributed by atoms with van der Waals surface area (Å²) >= 11 is 6.27. The van der Waals surface area contributed by atoms with Crippen molar-refractivity contribution in [2.45, 2.75) is 51.7 Å². The Bertz CT molecular complexity index is 839. The van der Waals surface area contributed by atoms with Gasteiger partial charge in [-0.15, -0.1) is 0 Å². The Balaban J connectivity index is 1.66. The molecule has 3 rings (SSSR count). The fourth-order valence-electron chi connectivity index (χ4n) is 5.26. The quantitative estimate of drug-likeness (QED) is 0.458. The molecule has 9 heteroatoms. The van der Waals surface area contributed by atoms with Crippen molar-refractivity contribution in [3.63, 3.8) is 0 Å². The van der Waals surface area contributed by atoms with E-state index in [0.29, 0.717) is 23.4 Å². The van der Waals surface area contributed by atoms with Crippen molar-refractivity contribution in [3.8, 4) is 0 Å². The second-order valence-corrected chi connectivity index (χ2v) is 10.8. The number of carboxylic acid groups (broad SMARTS) is 1. The molecule has 0 aromatic heterocycles. The van der Waals surface area contributed by atoms with Crippen LogP contribution in [0.4, 0.5) is 9.59 Å². The van der Waals surface area contributed by atoms with Gasteiger partial charge < -0.3 is 30.3 Å². The lowest BCUT2D eigenvalue weighted by atomic mass is 9.85. The molecule has 196 valence electrons. The number of likely N-dealkylation sites (N-methyl/N-ethyl adjacent to an activating group) is 1. The van der Waals surface area contributed by atoms with Gasteiger partial charge in [0.05, 0.1) is 12.7 Å². The van der Waals surface area contributed by atoms with Crippen LogP contribution in [0.3, 0.4) is 0 Å². The van der Waals surface area contributed by atoms with E-state index in [1.807, 2.05) is 29.2 Å². The van der Waals surface area contributed by atoms with Crippen molar-refractivity contribution >= 4 is 23.7 Å². The first-order valence-corrected chi connectivity index (χ1v) is 13.2. The minimum Gasteiger partial charge on any atom is -0.465 e. The molecule has 1 aromatic rings. The zero-order valence-corrected chi connectivity index (χ0v) is 22.0. The van der Waals surface area contributed by atoms with Crippen LogP contribution < -0.4 is 10.6 Å². The number of halogens is 1. The molecule has 0 radical (unpaired) electrons. The minimum absolute atomic E-state index is 0.00684. The lowest BCUT2D eigenvalue weighted by Gasteiger charge is -2.39. The molecule has 2 fully saturated rings. The summed E-state index contributed by atoms with van der Waals surface area (Å²) in [5.41, 5.74) is 0.955. The Kier molecular flexibility index (Phi) is 10.5. The number of nitrogens with one attached hydrogen (secondary N) is 2. The Labute approximate surface area is 214 Å². The van der Waals surface area contributed by atoms with Crippen LogP contribution in [-0.4, -0.2) is 79.5 Å². The number of amides is 3. The molecule has 2 aliphatic heterocycles. The average molecular weight is 509 g/mol. The zero-order valence-electron chi connectivity index (χ0n) is 21.2. The van der Waals surface area contributed by atoms with Crippen LogP contribution >= 0.6 is 11.6 Å². The molecule has 0 aliphatic carbocycles. The highest BCUT2D eigenvalue weighted by Gasteiger charge is 2.33. The van der Waals surface area contributed by atoms with E-state index in [0.717, 1.165) is 50.9 Å². The van der Waals surface area contributed by atoms with Crippen LogP contribution in [0.25, 0.3) is 0 Å². The van der Waals surface area contributed by atoms with Gasteiger partial charge in [-0.25, -0.2) is 9.59 Å². The molecule has 0 unspecified atom stereocenters. The van der Waals surface area contributed by atoms with Crippen LogP contribution in [-0.2, 0) is 4.74 Å². The number of nitrogens with zero attached hydrogens (tertiary/aromatic N) is 2. The minimum atomic E-state index is -0.985. The van der Waals surface area contributed by atoms with Gasteiger partial charge >= 0.3 is 12.1 Å². The highest BCUT2D eigenvalue weighted by molar-refractivity contribution is 6.30. The Morgan fingerprint density at radius 2 is 2.14 bits per heavy atom. The predicted molar refractivity (Wildman–Crippen MR) is 138 cm³/mol. The molecule has 0 bridgehead atoms. The second kappa shape index (κ2) is 13.3. The fraction of sp³-hybridized carbons (Fsp3) is 0.692. The van der Waals surface area contributed by atoms with E-state index in [-0.39, 0.29) is 37.2 Å². The first-order chi connectivity index (χ1) is 16.7. The number of benzene rings is 1. The summed E-state index contributed by atoms with van der Waals surface area (Å²) in [6.45, 7) is 8.15. The smallest absolute Gasteiger partial charge is 0.407 e. The molecule has 3 amide bonds. The van der Waals surface area contributed by atoms with Crippen molar-refractivity contribution in [2.24, 2.45) is 17.8 Å². The monoisotopic (exact) mass is 508 g/mol. The van der Waals surface area contributed by atoms with Gasteiger partial charge in [-0.3, -0.25) is 0 Å². The third-order valence-corrected chi connectivity index (χ3v) is 7.34.